The molecule has 4 amide bonds. The van der Waals surface area contributed by atoms with E-state index in [2.05, 4.69) is 10.0 Å². The first kappa shape index (κ1) is 19.6. The zero-order valence-electron chi connectivity index (χ0n) is 14.5. The molecule has 0 saturated carbocycles. The quantitative estimate of drug-likeness (QED) is 0.590. The molecule has 2 saturated heterocycles. The summed E-state index contributed by atoms with van der Waals surface area (Å²) in [7, 11) is -3.24. The summed E-state index contributed by atoms with van der Waals surface area (Å²) in [5.41, 5.74) is 0. The molecule has 9 nitrogen and oxygen atoms in total. The van der Waals surface area contributed by atoms with Crippen LogP contribution in [0.25, 0.3) is 0 Å². The van der Waals surface area contributed by atoms with Crippen molar-refractivity contribution in [1.82, 2.24) is 19.8 Å². The summed E-state index contributed by atoms with van der Waals surface area (Å²) in [6, 6.07) is -0.249. The second kappa shape index (κ2) is 8.61. The number of imide groups is 1. The van der Waals surface area contributed by atoms with Gasteiger partial charge in [0.15, 0.2) is 0 Å². The summed E-state index contributed by atoms with van der Waals surface area (Å²) < 4.78 is 24.7. The smallest absolute Gasteiger partial charge is 0.317 e. The molecule has 0 aromatic rings. The number of hydrogen-bond donors (Lipinski definition) is 2. The van der Waals surface area contributed by atoms with Gasteiger partial charge in [0.25, 0.3) is 0 Å². The number of piperidine rings is 1. The van der Waals surface area contributed by atoms with E-state index in [0.29, 0.717) is 19.5 Å². The number of urea groups is 1. The molecule has 0 aliphatic carbocycles. The highest BCUT2D eigenvalue weighted by Crippen LogP contribution is 2.19. The van der Waals surface area contributed by atoms with Gasteiger partial charge in [-0.05, 0) is 25.7 Å². The van der Waals surface area contributed by atoms with E-state index in [-0.39, 0.29) is 49.8 Å². The summed E-state index contributed by atoms with van der Waals surface area (Å²) >= 11 is 0. The molecule has 0 aromatic heterocycles. The molecule has 2 heterocycles. The first-order valence-electron chi connectivity index (χ1n) is 8.60. The number of carbonyl (C=O) groups is 3. The minimum Gasteiger partial charge on any atom is -0.336 e. The standard InChI is InChI=1S/C15H26N4O5S/c1-25(23,24)17-8-7-12-4-2-3-10-18(12)15(22)16-9-11-19-13(20)5-6-14(19)21/h12,17H,2-11H2,1H3,(H,16,22). The van der Waals surface area contributed by atoms with E-state index in [1.807, 2.05) is 0 Å². The van der Waals surface area contributed by atoms with E-state index in [1.54, 1.807) is 4.90 Å². The molecule has 142 valence electrons. The first-order chi connectivity index (χ1) is 11.8. The number of likely N-dealkylation sites (tertiary alicyclic amines) is 2. The van der Waals surface area contributed by atoms with Gasteiger partial charge >= 0.3 is 6.03 Å². The summed E-state index contributed by atoms with van der Waals surface area (Å²) in [6.07, 6.45) is 4.91. The van der Waals surface area contributed by atoms with E-state index < -0.39 is 10.0 Å². The molecule has 0 radical (unpaired) electrons. The van der Waals surface area contributed by atoms with Gasteiger partial charge < -0.3 is 10.2 Å². The largest absolute Gasteiger partial charge is 0.336 e. The fourth-order valence-corrected chi connectivity index (χ4v) is 3.72. The van der Waals surface area contributed by atoms with Crippen molar-refractivity contribution in [3.63, 3.8) is 0 Å². The van der Waals surface area contributed by atoms with E-state index in [1.165, 1.54) is 4.90 Å². The highest BCUT2D eigenvalue weighted by molar-refractivity contribution is 7.88. The van der Waals surface area contributed by atoms with Crippen molar-refractivity contribution in [2.24, 2.45) is 0 Å². The normalized spacial score (nSPS) is 21.7. The van der Waals surface area contributed by atoms with Crippen molar-refractivity contribution < 1.29 is 22.8 Å². The molecule has 0 aromatic carbocycles. The van der Waals surface area contributed by atoms with Crippen LogP contribution in [0.3, 0.4) is 0 Å². The number of rotatable bonds is 7. The van der Waals surface area contributed by atoms with Crippen molar-refractivity contribution in [2.45, 2.75) is 44.6 Å². The second-order valence-electron chi connectivity index (χ2n) is 6.47. The molecule has 0 bridgehead atoms. The second-order valence-corrected chi connectivity index (χ2v) is 8.30. The molecule has 1 atom stereocenters. The van der Waals surface area contributed by atoms with Crippen LogP contribution in [0.5, 0.6) is 0 Å². The lowest BCUT2D eigenvalue weighted by Gasteiger charge is -2.36. The monoisotopic (exact) mass is 374 g/mol. The van der Waals surface area contributed by atoms with Gasteiger partial charge in [0.1, 0.15) is 0 Å². The molecule has 10 heteroatoms. The van der Waals surface area contributed by atoms with Crippen LogP contribution >= 0.6 is 0 Å². The van der Waals surface area contributed by atoms with Gasteiger partial charge in [-0.1, -0.05) is 0 Å². The molecule has 2 rings (SSSR count). The average molecular weight is 374 g/mol. The minimum atomic E-state index is -3.24. The first-order valence-corrected chi connectivity index (χ1v) is 10.5. The Morgan fingerprint density at radius 3 is 2.48 bits per heavy atom. The zero-order chi connectivity index (χ0) is 18.4. The SMILES string of the molecule is CS(=O)(=O)NCCC1CCCCN1C(=O)NCCN1C(=O)CCC1=O. The third-order valence-corrected chi connectivity index (χ3v) is 5.22. The van der Waals surface area contributed by atoms with E-state index in [4.69, 9.17) is 0 Å². The predicted molar refractivity (Wildman–Crippen MR) is 91.2 cm³/mol. The molecule has 0 spiro atoms. The van der Waals surface area contributed by atoms with Gasteiger partial charge in [0, 0.05) is 45.1 Å². The topological polar surface area (TPSA) is 116 Å². The third kappa shape index (κ3) is 5.96. The van der Waals surface area contributed by atoms with E-state index in [9.17, 15) is 22.8 Å². The highest BCUT2D eigenvalue weighted by Gasteiger charge is 2.29. The van der Waals surface area contributed by atoms with E-state index >= 15 is 0 Å². The molecular formula is C15H26N4O5S. The summed E-state index contributed by atoms with van der Waals surface area (Å²) in [5.74, 6) is -0.385. The Morgan fingerprint density at radius 1 is 1.16 bits per heavy atom. The van der Waals surface area contributed by atoms with Crippen molar-refractivity contribution in [1.29, 1.82) is 0 Å². The van der Waals surface area contributed by atoms with Crippen molar-refractivity contribution in [2.75, 3.05) is 32.4 Å². The molecular weight excluding hydrogens is 348 g/mol. The Hall–Kier alpha value is -1.68. The van der Waals surface area contributed by atoms with Gasteiger partial charge in [0.05, 0.1) is 6.26 Å². The lowest BCUT2D eigenvalue weighted by molar-refractivity contribution is -0.138. The van der Waals surface area contributed by atoms with Crippen LogP contribution in [-0.4, -0.2) is 74.5 Å². The van der Waals surface area contributed by atoms with E-state index in [0.717, 1.165) is 25.5 Å². The van der Waals surface area contributed by atoms with Gasteiger partial charge in [-0.3, -0.25) is 14.5 Å². The molecule has 2 aliphatic rings. The van der Waals surface area contributed by atoms with Crippen LogP contribution in [0.1, 0.15) is 38.5 Å². The van der Waals surface area contributed by atoms with Gasteiger partial charge in [-0.15, -0.1) is 0 Å². The number of nitrogens with one attached hydrogen (secondary N) is 2. The number of carbonyl (C=O) groups excluding carboxylic acids is 3. The Morgan fingerprint density at radius 2 is 1.84 bits per heavy atom. The molecule has 2 N–H and O–H groups in total. The molecule has 2 aliphatic heterocycles. The lowest BCUT2D eigenvalue weighted by atomic mass is 10.00. The zero-order valence-corrected chi connectivity index (χ0v) is 15.3. The Bertz CT molecular complexity index is 605. The Kier molecular flexibility index (Phi) is 6.77. The maximum atomic E-state index is 12.4. The Labute approximate surface area is 148 Å². The molecule has 2 fully saturated rings. The van der Waals surface area contributed by atoms with Gasteiger partial charge in [0.2, 0.25) is 21.8 Å². The summed E-state index contributed by atoms with van der Waals surface area (Å²) in [4.78, 5) is 38.4. The predicted octanol–water partition coefficient (Wildman–Crippen LogP) is -0.361. The number of nitrogens with zero attached hydrogens (tertiary/aromatic N) is 2. The maximum Gasteiger partial charge on any atom is 0.317 e. The van der Waals surface area contributed by atoms with Crippen molar-refractivity contribution >= 4 is 27.9 Å². The fourth-order valence-electron chi connectivity index (χ4n) is 3.23. The summed E-state index contributed by atoms with van der Waals surface area (Å²) in [5, 5.41) is 2.76. The van der Waals surface area contributed by atoms with Crippen LogP contribution in [0.15, 0.2) is 0 Å². The number of sulfonamides is 1. The fraction of sp³-hybridized carbons (Fsp3) is 0.800. The third-order valence-electron chi connectivity index (χ3n) is 4.50. The highest BCUT2D eigenvalue weighted by atomic mass is 32.2. The number of amides is 4. The Balaban J connectivity index is 1.79. The van der Waals surface area contributed by atoms with Crippen molar-refractivity contribution in [3.05, 3.63) is 0 Å². The van der Waals surface area contributed by atoms with Crippen LogP contribution in [0, 0.1) is 0 Å². The van der Waals surface area contributed by atoms with Crippen LogP contribution in [0.2, 0.25) is 0 Å². The summed E-state index contributed by atoms with van der Waals surface area (Å²) in [6.45, 7) is 1.33. The van der Waals surface area contributed by atoms with Crippen LogP contribution in [-0.2, 0) is 19.6 Å². The average Bonchev–Trinajstić information content (AvgIpc) is 2.86. The van der Waals surface area contributed by atoms with Crippen LogP contribution < -0.4 is 10.0 Å². The maximum absolute atomic E-state index is 12.4. The minimum absolute atomic E-state index is 0.0157. The van der Waals surface area contributed by atoms with Crippen LogP contribution in [0.4, 0.5) is 4.79 Å². The number of hydrogen-bond acceptors (Lipinski definition) is 5. The van der Waals surface area contributed by atoms with Gasteiger partial charge in [-0.25, -0.2) is 17.9 Å². The molecule has 25 heavy (non-hydrogen) atoms. The molecule has 1 unspecified atom stereocenters. The van der Waals surface area contributed by atoms with Crippen molar-refractivity contribution in [3.8, 4) is 0 Å². The lowest BCUT2D eigenvalue weighted by Crippen LogP contribution is -2.51. The van der Waals surface area contributed by atoms with Gasteiger partial charge in [-0.2, -0.15) is 0 Å².